The van der Waals surface area contributed by atoms with E-state index in [0.29, 0.717) is 46.0 Å². The van der Waals surface area contributed by atoms with Crippen molar-refractivity contribution in [1.29, 1.82) is 0 Å². The van der Waals surface area contributed by atoms with E-state index in [1.165, 1.54) is 12.1 Å². The molecule has 4 aromatic rings. The highest BCUT2D eigenvalue weighted by Crippen LogP contribution is 2.23. The van der Waals surface area contributed by atoms with Crippen molar-refractivity contribution in [2.24, 2.45) is 0 Å². The SMILES string of the molecule is CCOc1ccc(C(=O)NCC(=O)Nc2ccc3nc(-c4cccc(F)c4)[nH]c3c2)cc1. The predicted molar refractivity (Wildman–Crippen MR) is 120 cm³/mol. The maximum absolute atomic E-state index is 13.5. The predicted octanol–water partition coefficient (Wildman–Crippen LogP) is 4.14. The number of imidazole rings is 1. The second kappa shape index (κ2) is 9.30. The minimum Gasteiger partial charge on any atom is -0.494 e. The van der Waals surface area contributed by atoms with Crippen LogP contribution in [0.25, 0.3) is 22.4 Å². The van der Waals surface area contributed by atoms with E-state index in [1.54, 1.807) is 54.6 Å². The molecule has 0 radical (unpaired) electrons. The van der Waals surface area contributed by atoms with Gasteiger partial charge in [-0.25, -0.2) is 9.37 Å². The summed E-state index contributed by atoms with van der Waals surface area (Å²) in [5.74, 6) is 0.144. The van der Waals surface area contributed by atoms with E-state index < -0.39 is 0 Å². The average molecular weight is 432 g/mol. The molecule has 3 aromatic carbocycles. The molecule has 1 heterocycles. The van der Waals surface area contributed by atoms with Gasteiger partial charge >= 0.3 is 0 Å². The first-order valence-electron chi connectivity index (χ1n) is 10.1. The maximum atomic E-state index is 13.5. The highest BCUT2D eigenvalue weighted by Gasteiger charge is 2.11. The number of rotatable bonds is 7. The van der Waals surface area contributed by atoms with Crippen molar-refractivity contribution in [2.45, 2.75) is 6.92 Å². The molecule has 0 saturated carbocycles. The summed E-state index contributed by atoms with van der Waals surface area (Å²) in [4.78, 5) is 32.1. The number of aromatic nitrogens is 2. The number of anilines is 1. The van der Waals surface area contributed by atoms with Crippen LogP contribution in [0.5, 0.6) is 5.75 Å². The van der Waals surface area contributed by atoms with E-state index in [9.17, 15) is 14.0 Å². The van der Waals surface area contributed by atoms with Crippen molar-refractivity contribution in [3.8, 4) is 17.1 Å². The third-order valence-electron chi connectivity index (χ3n) is 4.70. The summed E-state index contributed by atoms with van der Waals surface area (Å²) in [6.45, 7) is 2.25. The largest absolute Gasteiger partial charge is 0.494 e. The van der Waals surface area contributed by atoms with Crippen molar-refractivity contribution in [3.05, 3.63) is 78.1 Å². The number of hydrogen-bond donors (Lipinski definition) is 3. The normalized spacial score (nSPS) is 10.7. The molecule has 2 amide bonds. The number of nitrogens with zero attached hydrogens (tertiary/aromatic N) is 1. The fourth-order valence-electron chi connectivity index (χ4n) is 3.20. The number of nitrogens with one attached hydrogen (secondary N) is 3. The number of ether oxygens (including phenoxy) is 1. The zero-order valence-electron chi connectivity index (χ0n) is 17.3. The molecule has 0 spiro atoms. The van der Waals surface area contributed by atoms with Gasteiger partial charge < -0.3 is 20.4 Å². The number of fused-ring (bicyclic) bond motifs is 1. The van der Waals surface area contributed by atoms with Crippen molar-refractivity contribution >= 4 is 28.5 Å². The summed E-state index contributed by atoms with van der Waals surface area (Å²) in [7, 11) is 0. The van der Waals surface area contributed by atoms with E-state index in [1.807, 2.05) is 6.92 Å². The number of hydrogen-bond acceptors (Lipinski definition) is 4. The zero-order valence-corrected chi connectivity index (χ0v) is 17.3. The molecule has 0 aliphatic carbocycles. The van der Waals surface area contributed by atoms with Crippen LogP contribution in [-0.4, -0.2) is 34.9 Å². The second-order valence-corrected chi connectivity index (χ2v) is 7.02. The molecule has 3 N–H and O–H groups in total. The Morgan fingerprint density at radius 2 is 1.88 bits per heavy atom. The van der Waals surface area contributed by atoms with Crippen molar-refractivity contribution in [3.63, 3.8) is 0 Å². The van der Waals surface area contributed by atoms with Gasteiger partial charge in [-0.1, -0.05) is 12.1 Å². The summed E-state index contributed by atoms with van der Waals surface area (Å²) in [6.07, 6.45) is 0. The van der Waals surface area contributed by atoms with Gasteiger partial charge in [-0.3, -0.25) is 9.59 Å². The number of carbonyl (C=O) groups is 2. The minimum absolute atomic E-state index is 0.179. The zero-order chi connectivity index (χ0) is 22.5. The smallest absolute Gasteiger partial charge is 0.251 e. The first-order chi connectivity index (χ1) is 15.5. The van der Waals surface area contributed by atoms with Crippen LogP contribution < -0.4 is 15.4 Å². The Kier molecular flexibility index (Phi) is 6.12. The number of amides is 2. The van der Waals surface area contributed by atoms with Gasteiger partial charge in [0.25, 0.3) is 5.91 Å². The first kappa shape index (κ1) is 21.0. The van der Waals surface area contributed by atoms with E-state index in [4.69, 9.17) is 4.74 Å². The highest BCUT2D eigenvalue weighted by molar-refractivity contribution is 6.00. The fraction of sp³-hybridized carbons (Fsp3) is 0.125. The van der Waals surface area contributed by atoms with E-state index in [0.717, 1.165) is 0 Å². The lowest BCUT2D eigenvalue weighted by Gasteiger charge is -2.08. The minimum atomic E-state index is -0.367. The first-order valence-corrected chi connectivity index (χ1v) is 10.1. The molecule has 0 bridgehead atoms. The fourth-order valence-corrected chi connectivity index (χ4v) is 3.20. The third-order valence-corrected chi connectivity index (χ3v) is 4.70. The molecule has 0 saturated heterocycles. The summed E-state index contributed by atoms with van der Waals surface area (Å²) >= 11 is 0. The Morgan fingerprint density at radius 3 is 2.62 bits per heavy atom. The second-order valence-electron chi connectivity index (χ2n) is 7.02. The lowest BCUT2D eigenvalue weighted by Crippen LogP contribution is -2.32. The molecule has 0 fully saturated rings. The highest BCUT2D eigenvalue weighted by atomic mass is 19.1. The van der Waals surface area contributed by atoms with Crippen molar-refractivity contribution in [2.75, 3.05) is 18.5 Å². The van der Waals surface area contributed by atoms with Crippen molar-refractivity contribution < 1.29 is 18.7 Å². The summed E-state index contributed by atoms with van der Waals surface area (Å²) in [6, 6.07) is 18.0. The molecular formula is C24H21FN4O3. The summed E-state index contributed by atoms with van der Waals surface area (Å²) in [5.41, 5.74) is 2.99. The molecule has 0 unspecified atom stereocenters. The van der Waals surface area contributed by atoms with Crippen molar-refractivity contribution in [1.82, 2.24) is 15.3 Å². The van der Waals surface area contributed by atoms with Gasteiger partial charge in [-0.2, -0.15) is 0 Å². The van der Waals surface area contributed by atoms with Gasteiger partial charge in [0.2, 0.25) is 5.91 Å². The topological polar surface area (TPSA) is 96.1 Å². The molecule has 0 aliphatic heterocycles. The lowest BCUT2D eigenvalue weighted by molar-refractivity contribution is -0.115. The van der Waals surface area contributed by atoms with Crippen LogP contribution in [0.1, 0.15) is 17.3 Å². The molecule has 7 nitrogen and oxygen atoms in total. The molecule has 0 aliphatic rings. The van der Waals surface area contributed by atoms with Crippen LogP contribution in [0, 0.1) is 5.82 Å². The number of H-pyrrole nitrogens is 1. The molecule has 162 valence electrons. The number of aromatic amines is 1. The molecule has 8 heteroatoms. The van der Waals surface area contributed by atoms with Crippen LogP contribution >= 0.6 is 0 Å². The monoisotopic (exact) mass is 432 g/mol. The summed E-state index contributed by atoms with van der Waals surface area (Å²) in [5, 5.41) is 5.33. The van der Waals surface area contributed by atoms with Crippen LogP contribution in [-0.2, 0) is 4.79 Å². The maximum Gasteiger partial charge on any atom is 0.251 e. The third kappa shape index (κ3) is 4.92. The number of benzene rings is 3. The quantitative estimate of drug-likeness (QED) is 0.409. The average Bonchev–Trinajstić information content (AvgIpc) is 3.22. The van der Waals surface area contributed by atoms with Crippen LogP contribution in [0.2, 0.25) is 0 Å². The Bertz CT molecular complexity index is 1270. The Balaban J connectivity index is 1.37. The molecule has 32 heavy (non-hydrogen) atoms. The van der Waals surface area contributed by atoms with Crippen LogP contribution in [0.4, 0.5) is 10.1 Å². The molecule has 4 rings (SSSR count). The lowest BCUT2D eigenvalue weighted by atomic mass is 10.2. The molecular weight excluding hydrogens is 411 g/mol. The van der Waals surface area contributed by atoms with Gasteiger partial charge in [-0.15, -0.1) is 0 Å². The molecule has 0 atom stereocenters. The van der Waals surface area contributed by atoms with Gasteiger partial charge in [0, 0.05) is 16.8 Å². The van der Waals surface area contributed by atoms with Crippen LogP contribution in [0.3, 0.4) is 0 Å². The van der Waals surface area contributed by atoms with Gasteiger partial charge in [0.1, 0.15) is 17.4 Å². The summed E-state index contributed by atoms with van der Waals surface area (Å²) < 4.78 is 18.8. The van der Waals surface area contributed by atoms with E-state index in [2.05, 4.69) is 20.6 Å². The number of carbonyl (C=O) groups excluding carboxylic acids is 2. The van der Waals surface area contributed by atoms with Gasteiger partial charge in [-0.05, 0) is 61.5 Å². The van der Waals surface area contributed by atoms with Gasteiger partial charge in [0.15, 0.2) is 0 Å². The van der Waals surface area contributed by atoms with E-state index >= 15 is 0 Å². The Labute approximate surface area is 183 Å². The molecule has 1 aromatic heterocycles. The van der Waals surface area contributed by atoms with Gasteiger partial charge in [0.05, 0.1) is 24.2 Å². The van der Waals surface area contributed by atoms with Crippen LogP contribution in [0.15, 0.2) is 66.7 Å². The number of halogens is 1. The standard InChI is InChI=1S/C24H21FN4O3/c1-2-32-19-9-6-15(7-10-19)24(31)26-14-22(30)27-18-8-11-20-21(13-18)29-23(28-20)16-4-3-5-17(25)12-16/h3-13H,2,14H2,1H3,(H,26,31)(H,27,30)(H,28,29). The van der Waals surface area contributed by atoms with E-state index in [-0.39, 0.29) is 24.2 Å². The Morgan fingerprint density at radius 1 is 1.06 bits per heavy atom. The Hall–Kier alpha value is -4.20.